The van der Waals surface area contributed by atoms with Crippen molar-refractivity contribution in [1.82, 2.24) is 0 Å². The molecule has 2 saturated heterocycles. The van der Waals surface area contributed by atoms with Crippen LogP contribution in [-0.4, -0.2) is 25.4 Å². The Hall–Kier alpha value is -1.42. The number of hydrogen-bond donors (Lipinski definition) is 0. The van der Waals surface area contributed by atoms with E-state index in [1.807, 2.05) is 0 Å². The Kier molecular flexibility index (Phi) is 1.95. The molecule has 0 amide bonds. The predicted molar refractivity (Wildman–Crippen MR) is 70.0 cm³/mol. The highest BCUT2D eigenvalue weighted by Gasteiger charge is 2.45. The van der Waals surface area contributed by atoms with Gasteiger partial charge in [-0.15, -0.1) is 0 Å². The highest BCUT2D eigenvalue weighted by Crippen LogP contribution is 2.45. The molecular weight excluding hydrogens is 240 g/mol. The molecule has 19 heavy (non-hydrogen) atoms. The second-order valence-electron chi connectivity index (χ2n) is 5.56. The van der Waals surface area contributed by atoms with Gasteiger partial charge in [0.05, 0.1) is 13.2 Å². The summed E-state index contributed by atoms with van der Waals surface area (Å²) in [5.41, 5.74) is 2.54. The maximum absolute atomic E-state index is 5.76. The van der Waals surface area contributed by atoms with Crippen molar-refractivity contribution >= 4 is 10.8 Å². The van der Waals surface area contributed by atoms with E-state index in [-0.39, 0.29) is 24.4 Å². The van der Waals surface area contributed by atoms with Crippen molar-refractivity contribution in [2.75, 3.05) is 13.2 Å². The molecule has 2 bridgehead atoms. The summed E-state index contributed by atoms with van der Waals surface area (Å²) < 4.78 is 17.2. The molecule has 3 aliphatic rings. The minimum atomic E-state index is 0.203. The fourth-order valence-corrected chi connectivity index (χ4v) is 3.15. The Morgan fingerprint density at radius 2 is 1.74 bits per heavy atom. The number of benzene rings is 2. The van der Waals surface area contributed by atoms with Gasteiger partial charge in [-0.1, -0.05) is 30.3 Å². The van der Waals surface area contributed by atoms with Crippen LogP contribution in [0, 0.1) is 0 Å². The van der Waals surface area contributed by atoms with Gasteiger partial charge in [0.1, 0.15) is 24.4 Å². The van der Waals surface area contributed by atoms with Gasteiger partial charge in [-0.2, -0.15) is 0 Å². The van der Waals surface area contributed by atoms with Gasteiger partial charge in [-0.25, -0.2) is 0 Å². The summed E-state index contributed by atoms with van der Waals surface area (Å²) in [5.74, 6) is 0. The van der Waals surface area contributed by atoms with E-state index >= 15 is 0 Å². The zero-order valence-corrected chi connectivity index (χ0v) is 10.4. The van der Waals surface area contributed by atoms with Gasteiger partial charge < -0.3 is 14.2 Å². The van der Waals surface area contributed by atoms with Crippen LogP contribution in [0.2, 0.25) is 0 Å². The first-order chi connectivity index (χ1) is 9.40. The van der Waals surface area contributed by atoms with E-state index in [0.29, 0.717) is 13.2 Å². The second-order valence-corrected chi connectivity index (χ2v) is 5.56. The van der Waals surface area contributed by atoms with Crippen LogP contribution in [0.15, 0.2) is 36.4 Å². The monoisotopic (exact) mass is 254 g/mol. The lowest BCUT2D eigenvalue weighted by molar-refractivity contribution is 0.102. The number of hydrogen-bond acceptors (Lipinski definition) is 3. The van der Waals surface area contributed by atoms with Gasteiger partial charge in [0.25, 0.3) is 0 Å². The summed E-state index contributed by atoms with van der Waals surface area (Å²) >= 11 is 0. The van der Waals surface area contributed by atoms with Crippen LogP contribution in [0.1, 0.15) is 23.3 Å². The number of epoxide rings is 2. The smallest absolute Gasteiger partial charge is 0.112 e. The molecule has 0 aliphatic carbocycles. The van der Waals surface area contributed by atoms with E-state index in [9.17, 15) is 0 Å². The zero-order chi connectivity index (χ0) is 12.4. The van der Waals surface area contributed by atoms with Crippen molar-refractivity contribution in [2.24, 2.45) is 0 Å². The molecule has 3 aliphatic heterocycles. The molecule has 3 nitrogen and oxygen atoms in total. The lowest BCUT2D eigenvalue weighted by Gasteiger charge is -2.06. The average molecular weight is 254 g/mol. The summed E-state index contributed by atoms with van der Waals surface area (Å²) in [4.78, 5) is 0. The van der Waals surface area contributed by atoms with Crippen LogP contribution in [0.5, 0.6) is 0 Å². The fraction of sp³-hybridized carbons (Fsp3) is 0.375. The molecular formula is C16H14O3. The number of fused-ring (bicyclic) bond motifs is 5. The molecule has 0 spiro atoms. The van der Waals surface area contributed by atoms with Crippen molar-refractivity contribution in [3.8, 4) is 0 Å². The minimum Gasteiger partial charge on any atom is -0.376 e. The molecule has 3 heteroatoms. The van der Waals surface area contributed by atoms with Crippen LogP contribution in [0.3, 0.4) is 0 Å². The van der Waals surface area contributed by atoms with Gasteiger partial charge in [0.15, 0.2) is 0 Å². The predicted octanol–water partition coefficient (Wildman–Crippen LogP) is 2.75. The van der Waals surface area contributed by atoms with E-state index in [1.54, 1.807) is 0 Å². The summed E-state index contributed by atoms with van der Waals surface area (Å²) in [6.45, 7) is 1.34. The Morgan fingerprint density at radius 1 is 0.895 bits per heavy atom. The van der Waals surface area contributed by atoms with E-state index < -0.39 is 0 Å². The molecule has 0 radical (unpaired) electrons. The molecule has 0 saturated carbocycles. The molecule has 96 valence electrons. The van der Waals surface area contributed by atoms with Crippen molar-refractivity contribution in [3.05, 3.63) is 47.5 Å². The van der Waals surface area contributed by atoms with Crippen molar-refractivity contribution in [3.63, 3.8) is 0 Å². The Morgan fingerprint density at radius 3 is 2.68 bits per heavy atom. The van der Waals surface area contributed by atoms with Crippen molar-refractivity contribution < 1.29 is 14.2 Å². The van der Waals surface area contributed by atoms with Crippen LogP contribution in [0.4, 0.5) is 0 Å². The fourth-order valence-electron chi connectivity index (χ4n) is 3.15. The van der Waals surface area contributed by atoms with E-state index in [0.717, 1.165) is 0 Å². The summed E-state index contributed by atoms with van der Waals surface area (Å²) in [6, 6.07) is 13.0. The molecule has 2 aromatic rings. The molecule has 4 unspecified atom stereocenters. The highest BCUT2D eigenvalue weighted by molar-refractivity contribution is 5.87. The topological polar surface area (TPSA) is 34.3 Å². The molecule has 0 N–H and O–H groups in total. The third kappa shape index (κ3) is 1.56. The van der Waals surface area contributed by atoms with Gasteiger partial charge in [-0.3, -0.25) is 0 Å². The summed E-state index contributed by atoms with van der Waals surface area (Å²) in [6.07, 6.45) is 0.853. The summed E-state index contributed by atoms with van der Waals surface area (Å²) in [7, 11) is 0. The van der Waals surface area contributed by atoms with E-state index in [4.69, 9.17) is 14.2 Å². The SMILES string of the molecule is c1cc2c3cc(ccc3c1)C1OC1COCC1OC21. The first-order valence-corrected chi connectivity index (χ1v) is 6.81. The first-order valence-electron chi connectivity index (χ1n) is 6.81. The molecule has 4 atom stereocenters. The average Bonchev–Trinajstić information content (AvgIpc) is 3.32. The Balaban J connectivity index is 1.72. The third-order valence-electron chi connectivity index (χ3n) is 4.30. The zero-order valence-electron chi connectivity index (χ0n) is 10.4. The largest absolute Gasteiger partial charge is 0.376 e. The van der Waals surface area contributed by atoms with Crippen molar-refractivity contribution in [1.29, 1.82) is 0 Å². The molecule has 0 aromatic heterocycles. The molecule has 2 fully saturated rings. The maximum atomic E-state index is 5.76. The lowest BCUT2D eigenvalue weighted by atomic mass is 9.97. The quantitative estimate of drug-likeness (QED) is 0.678. The van der Waals surface area contributed by atoms with Gasteiger partial charge in [0, 0.05) is 0 Å². The second kappa shape index (κ2) is 3.57. The van der Waals surface area contributed by atoms with Crippen LogP contribution in [-0.2, 0) is 14.2 Å². The Labute approximate surface area is 111 Å². The molecule has 3 heterocycles. The van der Waals surface area contributed by atoms with Crippen LogP contribution < -0.4 is 0 Å². The Bertz CT molecular complexity index is 666. The van der Waals surface area contributed by atoms with Gasteiger partial charge in [-0.05, 0) is 28.0 Å². The van der Waals surface area contributed by atoms with E-state index in [2.05, 4.69) is 36.4 Å². The lowest BCUT2D eigenvalue weighted by Crippen LogP contribution is -2.08. The first kappa shape index (κ1) is 10.4. The molecule has 5 rings (SSSR count). The molecule has 2 aromatic carbocycles. The number of ether oxygens (including phenoxy) is 3. The van der Waals surface area contributed by atoms with E-state index in [1.165, 1.54) is 21.9 Å². The standard InChI is InChI=1S/C16H14O3/c1-2-9-4-5-10-6-12(9)11(3-1)16-14(19-16)8-17-7-13-15(10)18-13/h1-6,13-16H,7-8H2. The maximum Gasteiger partial charge on any atom is 0.112 e. The summed E-state index contributed by atoms with van der Waals surface area (Å²) in [5, 5.41) is 2.57. The van der Waals surface area contributed by atoms with Crippen LogP contribution in [0.25, 0.3) is 10.8 Å². The van der Waals surface area contributed by atoms with Crippen LogP contribution >= 0.6 is 0 Å². The number of rotatable bonds is 0. The third-order valence-corrected chi connectivity index (χ3v) is 4.30. The van der Waals surface area contributed by atoms with Crippen molar-refractivity contribution in [2.45, 2.75) is 24.4 Å². The van der Waals surface area contributed by atoms with Gasteiger partial charge >= 0.3 is 0 Å². The minimum absolute atomic E-state index is 0.203. The normalized spacial score (nSPS) is 35.4. The highest BCUT2D eigenvalue weighted by atomic mass is 16.6. The van der Waals surface area contributed by atoms with Gasteiger partial charge in [0.2, 0.25) is 0 Å².